The molecule has 0 aromatic heterocycles. The largest absolute Gasteiger partial charge is 0.379 e. The molecule has 0 radical (unpaired) electrons. The topological polar surface area (TPSA) is 61.9 Å². The third-order valence-corrected chi connectivity index (χ3v) is 3.97. The highest BCUT2D eigenvalue weighted by atomic mass is 19.1. The van der Waals surface area contributed by atoms with E-state index in [1.54, 1.807) is 12.1 Å². The van der Waals surface area contributed by atoms with Crippen molar-refractivity contribution in [2.45, 2.75) is 13.5 Å². The highest BCUT2D eigenvalue weighted by Crippen LogP contribution is 2.02. The zero-order valence-corrected chi connectivity index (χ0v) is 14.0. The van der Waals surface area contributed by atoms with Crippen LogP contribution < -0.4 is 5.32 Å². The van der Waals surface area contributed by atoms with Crippen LogP contribution in [0.3, 0.4) is 0 Å². The van der Waals surface area contributed by atoms with Crippen LogP contribution in [-0.4, -0.2) is 67.6 Å². The molecule has 0 aliphatic carbocycles. The molecular formula is C17H24FN3O3. The summed E-state index contributed by atoms with van der Waals surface area (Å²) in [5.74, 6) is -0.660. The van der Waals surface area contributed by atoms with Gasteiger partial charge < -0.3 is 15.0 Å². The number of rotatable bonds is 7. The van der Waals surface area contributed by atoms with Crippen molar-refractivity contribution in [3.05, 3.63) is 35.6 Å². The Morgan fingerprint density at radius 1 is 1.25 bits per heavy atom. The monoisotopic (exact) mass is 337 g/mol. The van der Waals surface area contributed by atoms with E-state index in [1.807, 2.05) is 0 Å². The smallest absolute Gasteiger partial charge is 0.239 e. The summed E-state index contributed by atoms with van der Waals surface area (Å²) >= 11 is 0. The van der Waals surface area contributed by atoms with Crippen LogP contribution in [-0.2, 0) is 20.9 Å². The highest BCUT2D eigenvalue weighted by Gasteiger charge is 2.16. The lowest BCUT2D eigenvalue weighted by atomic mass is 10.2. The van der Waals surface area contributed by atoms with Gasteiger partial charge in [-0.2, -0.15) is 0 Å². The first kappa shape index (κ1) is 18.4. The van der Waals surface area contributed by atoms with Crippen molar-refractivity contribution in [2.75, 3.05) is 45.9 Å². The maximum atomic E-state index is 12.8. The van der Waals surface area contributed by atoms with E-state index in [0.717, 1.165) is 25.2 Å². The molecule has 1 N–H and O–H groups in total. The van der Waals surface area contributed by atoms with E-state index in [0.29, 0.717) is 26.3 Å². The number of hydrogen-bond donors (Lipinski definition) is 1. The molecule has 0 spiro atoms. The minimum Gasteiger partial charge on any atom is -0.379 e. The zero-order chi connectivity index (χ0) is 17.4. The summed E-state index contributed by atoms with van der Waals surface area (Å²) < 4.78 is 18.1. The van der Waals surface area contributed by atoms with Gasteiger partial charge in [0.25, 0.3) is 0 Å². The molecule has 1 aromatic rings. The van der Waals surface area contributed by atoms with Crippen LogP contribution in [0.25, 0.3) is 0 Å². The van der Waals surface area contributed by atoms with E-state index in [1.165, 1.54) is 24.0 Å². The van der Waals surface area contributed by atoms with E-state index < -0.39 is 0 Å². The molecule has 2 rings (SSSR count). The van der Waals surface area contributed by atoms with Gasteiger partial charge in [0.15, 0.2) is 0 Å². The second-order valence-corrected chi connectivity index (χ2v) is 5.80. The number of nitrogens with zero attached hydrogens (tertiary/aromatic N) is 2. The first-order chi connectivity index (χ1) is 11.5. The molecule has 1 aromatic carbocycles. The van der Waals surface area contributed by atoms with Gasteiger partial charge in [0, 0.05) is 39.6 Å². The first-order valence-corrected chi connectivity index (χ1v) is 8.11. The molecule has 7 heteroatoms. The van der Waals surface area contributed by atoms with Crippen LogP contribution in [0.15, 0.2) is 24.3 Å². The summed E-state index contributed by atoms with van der Waals surface area (Å²) in [5.41, 5.74) is 0.812. The molecule has 0 bridgehead atoms. The van der Waals surface area contributed by atoms with Gasteiger partial charge in [-0.15, -0.1) is 0 Å². The predicted molar refractivity (Wildman–Crippen MR) is 87.8 cm³/mol. The lowest BCUT2D eigenvalue weighted by Gasteiger charge is -2.29. The molecule has 1 saturated heterocycles. The molecule has 132 valence electrons. The van der Waals surface area contributed by atoms with E-state index >= 15 is 0 Å². The number of carbonyl (C=O) groups excluding carboxylic acids is 2. The van der Waals surface area contributed by atoms with Gasteiger partial charge in [0.1, 0.15) is 5.82 Å². The van der Waals surface area contributed by atoms with Crippen molar-refractivity contribution in [3.8, 4) is 0 Å². The lowest BCUT2D eigenvalue weighted by molar-refractivity contribution is -0.134. The standard InChI is InChI=1S/C17H24FN3O3/c1-14(22)21(7-6-20-8-10-24-11-9-20)13-17(23)19-12-15-2-4-16(18)5-3-15/h2-5H,6-13H2,1H3,(H,19,23). The Morgan fingerprint density at radius 2 is 1.92 bits per heavy atom. The van der Waals surface area contributed by atoms with Gasteiger partial charge in [-0.3, -0.25) is 14.5 Å². The van der Waals surface area contributed by atoms with E-state index in [9.17, 15) is 14.0 Å². The summed E-state index contributed by atoms with van der Waals surface area (Å²) in [6, 6.07) is 5.95. The Hall–Kier alpha value is -1.99. The minimum absolute atomic E-state index is 0.0286. The van der Waals surface area contributed by atoms with Gasteiger partial charge in [-0.25, -0.2) is 4.39 Å². The summed E-state index contributed by atoms with van der Waals surface area (Å²) in [6.45, 7) is 6.16. The number of halogens is 1. The van der Waals surface area contributed by atoms with E-state index in [-0.39, 0.29) is 24.2 Å². The maximum Gasteiger partial charge on any atom is 0.239 e. The third-order valence-electron chi connectivity index (χ3n) is 3.97. The fraction of sp³-hybridized carbons (Fsp3) is 0.529. The molecule has 1 aliphatic rings. The van der Waals surface area contributed by atoms with Crippen LogP contribution >= 0.6 is 0 Å². The predicted octanol–water partition coefficient (Wildman–Crippen LogP) is 0.623. The summed E-state index contributed by atoms with van der Waals surface area (Å²) in [6.07, 6.45) is 0. The Balaban J connectivity index is 1.75. The molecular weight excluding hydrogens is 313 g/mol. The Morgan fingerprint density at radius 3 is 2.54 bits per heavy atom. The molecule has 1 heterocycles. The average molecular weight is 337 g/mol. The third kappa shape index (κ3) is 6.25. The Bertz CT molecular complexity index is 545. The van der Waals surface area contributed by atoms with Gasteiger partial charge in [-0.05, 0) is 17.7 Å². The number of ether oxygens (including phenoxy) is 1. The number of nitrogens with one attached hydrogen (secondary N) is 1. The van der Waals surface area contributed by atoms with Crippen molar-refractivity contribution < 1.29 is 18.7 Å². The van der Waals surface area contributed by atoms with Crippen LogP contribution in [0.1, 0.15) is 12.5 Å². The average Bonchev–Trinajstić information content (AvgIpc) is 2.58. The number of carbonyl (C=O) groups is 2. The van der Waals surface area contributed by atoms with Crippen molar-refractivity contribution >= 4 is 11.8 Å². The molecule has 2 amide bonds. The Kier molecular flexibility index (Phi) is 7.14. The summed E-state index contributed by atoms with van der Waals surface area (Å²) in [7, 11) is 0. The first-order valence-electron chi connectivity index (χ1n) is 8.11. The van der Waals surface area contributed by atoms with Crippen molar-refractivity contribution in [1.29, 1.82) is 0 Å². The number of morpholine rings is 1. The second-order valence-electron chi connectivity index (χ2n) is 5.80. The number of benzene rings is 1. The van der Waals surface area contributed by atoms with Crippen LogP contribution in [0, 0.1) is 5.82 Å². The quantitative estimate of drug-likeness (QED) is 0.792. The van der Waals surface area contributed by atoms with Gasteiger partial charge in [0.05, 0.1) is 19.8 Å². The molecule has 0 unspecified atom stereocenters. The van der Waals surface area contributed by atoms with Crippen molar-refractivity contribution in [3.63, 3.8) is 0 Å². The number of hydrogen-bond acceptors (Lipinski definition) is 4. The summed E-state index contributed by atoms with van der Waals surface area (Å²) in [5, 5.41) is 2.75. The Labute approximate surface area is 141 Å². The number of amides is 2. The summed E-state index contributed by atoms with van der Waals surface area (Å²) in [4.78, 5) is 27.5. The molecule has 1 aliphatic heterocycles. The van der Waals surface area contributed by atoms with Crippen LogP contribution in [0.4, 0.5) is 4.39 Å². The molecule has 24 heavy (non-hydrogen) atoms. The van der Waals surface area contributed by atoms with Crippen LogP contribution in [0.5, 0.6) is 0 Å². The molecule has 1 fully saturated rings. The van der Waals surface area contributed by atoms with Gasteiger partial charge >= 0.3 is 0 Å². The second kappa shape index (κ2) is 9.34. The van der Waals surface area contributed by atoms with Crippen LogP contribution in [0.2, 0.25) is 0 Å². The highest BCUT2D eigenvalue weighted by molar-refractivity contribution is 5.83. The zero-order valence-electron chi connectivity index (χ0n) is 14.0. The maximum absolute atomic E-state index is 12.8. The fourth-order valence-electron chi connectivity index (χ4n) is 2.47. The van der Waals surface area contributed by atoms with Gasteiger partial charge in [-0.1, -0.05) is 12.1 Å². The van der Waals surface area contributed by atoms with Crippen molar-refractivity contribution in [1.82, 2.24) is 15.1 Å². The van der Waals surface area contributed by atoms with E-state index in [4.69, 9.17) is 4.74 Å². The molecule has 0 atom stereocenters. The van der Waals surface area contributed by atoms with E-state index in [2.05, 4.69) is 10.2 Å². The SMILES string of the molecule is CC(=O)N(CCN1CCOCC1)CC(=O)NCc1ccc(F)cc1. The molecule has 6 nitrogen and oxygen atoms in total. The van der Waals surface area contributed by atoms with Crippen molar-refractivity contribution in [2.24, 2.45) is 0 Å². The minimum atomic E-state index is -0.309. The fourth-order valence-corrected chi connectivity index (χ4v) is 2.47. The van der Waals surface area contributed by atoms with Gasteiger partial charge in [0.2, 0.25) is 11.8 Å². The molecule has 0 saturated carbocycles. The normalized spacial score (nSPS) is 15.1. The lowest BCUT2D eigenvalue weighted by Crippen LogP contribution is -2.45.